The summed E-state index contributed by atoms with van der Waals surface area (Å²) >= 11 is 0. The number of halogens is 1. The van der Waals surface area contributed by atoms with Crippen LogP contribution >= 0.6 is 0 Å². The van der Waals surface area contributed by atoms with Crippen molar-refractivity contribution in [2.24, 2.45) is 4.99 Å². The Bertz CT molecular complexity index is 790. The van der Waals surface area contributed by atoms with Crippen LogP contribution in [0.5, 0.6) is 0 Å². The van der Waals surface area contributed by atoms with Crippen molar-refractivity contribution in [3.63, 3.8) is 0 Å². The van der Waals surface area contributed by atoms with Gasteiger partial charge in [-0.3, -0.25) is 4.99 Å². The zero-order valence-corrected chi connectivity index (χ0v) is 17.9. The van der Waals surface area contributed by atoms with Crippen LogP contribution in [-0.2, 0) is 26.9 Å². The third-order valence-electron chi connectivity index (χ3n) is 5.21. The fourth-order valence-corrected chi connectivity index (χ4v) is 4.21. The lowest BCUT2D eigenvalue weighted by atomic mass is 9.88. The van der Waals surface area contributed by atoms with E-state index in [1.807, 2.05) is 0 Å². The summed E-state index contributed by atoms with van der Waals surface area (Å²) in [6.07, 6.45) is 3.02. The minimum Gasteiger partial charge on any atom is -0.381 e. The van der Waals surface area contributed by atoms with E-state index in [-0.39, 0.29) is 17.8 Å². The van der Waals surface area contributed by atoms with Crippen LogP contribution in [0.15, 0.2) is 23.2 Å². The molecule has 0 saturated carbocycles. The number of nitrogens with one attached hydrogen (secondary N) is 2. The van der Waals surface area contributed by atoms with E-state index in [2.05, 4.69) is 34.6 Å². The molecule has 1 aliphatic rings. The largest absolute Gasteiger partial charge is 0.381 e. The fraction of sp³-hybridized carbons (Fsp3) is 0.632. The molecule has 0 spiro atoms. The van der Waals surface area contributed by atoms with Crippen LogP contribution in [-0.4, -0.2) is 72.0 Å². The van der Waals surface area contributed by atoms with Crippen molar-refractivity contribution in [1.82, 2.24) is 15.5 Å². The van der Waals surface area contributed by atoms with Gasteiger partial charge in [-0.2, -0.15) is 0 Å². The van der Waals surface area contributed by atoms with E-state index < -0.39 is 15.7 Å². The summed E-state index contributed by atoms with van der Waals surface area (Å²) in [7, 11) is 2.58. The van der Waals surface area contributed by atoms with Crippen molar-refractivity contribution in [2.45, 2.75) is 30.7 Å². The Kier molecular flexibility index (Phi) is 7.79. The highest BCUT2D eigenvalue weighted by atomic mass is 32.2. The lowest BCUT2D eigenvalue weighted by molar-refractivity contribution is -0.00501. The molecule has 0 aliphatic carbocycles. The first-order valence-electron chi connectivity index (χ1n) is 9.30. The lowest BCUT2D eigenvalue weighted by Gasteiger charge is -2.43. The lowest BCUT2D eigenvalue weighted by Crippen LogP contribution is -2.57. The monoisotopic (exact) mass is 414 g/mol. The molecule has 2 N–H and O–H groups in total. The highest BCUT2D eigenvalue weighted by molar-refractivity contribution is 7.89. The number of hydrogen-bond donors (Lipinski definition) is 2. The Morgan fingerprint density at radius 3 is 2.50 bits per heavy atom. The Hall–Kier alpha value is -1.71. The van der Waals surface area contributed by atoms with E-state index in [1.54, 1.807) is 7.05 Å². The van der Waals surface area contributed by atoms with Gasteiger partial charge in [-0.05, 0) is 50.2 Å². The van der Waals surface area contributed by atoms with Crippen LogP contribution in [0.25, 0.3) is 0 Å². The molecule has 1 heterocycles. The van der Waals surface area contributed by atoms with E-state index in [9.17, 15) is 12.8 Å². The number of guanidine groups is 1. The number of hydrogen-bond acceptors (Lipinski definition) is 5. The van der Waals surface area contributed by atoms with Gasteiger partial charge in [0.2, 0.25) is 0 Å². The second-order valence-electron chi connectivity index (χ2n) is 7.49. The molecule has 9 heteroatoms. The van der Waals surface area contributed by atoms with Crippen molar-refractivity contribution in [3.8, 4) is 0 Å². The van der Waals surface area contributed by atoms with Gasteiger partial charge in [-0.25, -0.2) is 12.8 Å². The van der Waals surface area contributed by atoms with Crippen molar-refractivity contribution >= 4 is 15.8 Å². The first-order valence-corrected chi connectivity index (χ1v) is 11.4. The molecular weight excluding hydrogens is 383 g/mol. The van der Waals surface area contributed by atoms with Crippen molar-refractivity contribution in [1.29, 1.82) is 0 Å². The van der Waals surface area contributed by atoms with Gasteiger partial charge in [0, 0.05) is 45.1 Å². The van der Waals surface area contributed by atoms with E-state index in [4.69, 9.17) is 4.74 Å². The molecule has 28 heavy (non-hydrogen) atoms. The highest BCUT2D eigenvalue weighted by Crippen LogP contribution is 2.25. The van der Waals surface area contributed by atoms with Gasteiger partial charge in [0.15, 0.2) is 15.8 Å². The molecule has 0 amide bonds. The Morgan fingerprint density at radius 2 is 1.93 bits per heavy atom. The zero-order valence-electron chi connectivity index (χ0n) is 17.1. The van der Waals surface area contributed by atoms with Gasteiger partial charge < -0.3 is 20.3 Å². The molecule has 0 bridgehead atoms. The molecule has 7 nitrogen and oxygen atoms in total. The number of benzene rings is 1. The van der Waals surface area contributed by atoms with Crippen LogP contribution in [0.3, 0.4) is 0 Å². The van der Waals surface area contributed by atoms with Gasteiger partial charge >= 0.3 is 0 Å². The summed E-state index contributed by atoms with van der Waals surface area (Å²) in [4.78, 5) is 6.45. The Morgan fingerprint density at radius 1 is 1.25 bits per heavy atom. The van der Waals surface area contributed by atoms with Gasteiger partial charge in [-0.15, -0.1) is 0 Å². The van der Waals surface area contributed by atoms with Gasteiger partial charge in [-0.1, -0.05) is 6.07 Å². The summed E-state index contributed by atoms with van der Waals surface area (Å²) in [5.41, 5.74) is 1.17. The van der Waals surface area contributed by atoms with Crippen LogP contribution in [0.4, 0.5) is 4.39 Å². The molecule has 0 radical (unpaired) electrons. The number of rotatable bonds is 7. The van der Waals surface area contributed by atoms with Crippen LogP contribution in [0, 0.1) is 5.82 Å². The van der Waals surface area contributed by atoms with Gasteiger partial charge in [0.25, 0.3) is 0 Å². The summed E-state index contributed by atoms with van der Waals surface area (Å²) in [5, 5.41) is 6.51. The quantitative estimate of drug-likeness (QED) is 0.514. The average molecular weight is 415 g/mol. The smallest absolute Gasteiger partial charge is 0.191 e. The molecule has 1 aliphatic heterocycles. The Balaban J connectivity index is 2.03. The Labute approximate surface area is 167 Å². The zero-order chi connectivity index (χ0) is 20.8. The van der Waals surface area contributed by atoms with Crippen molar-refractivity contribution in [3.05, 3.63) is 35.1 Å². The third kappa shape index (κ3) is 6.42. The minimum absolute atomic E-state index is 0.0177. The minimum atomic E-state index is -3.21. The van der Waals surface area contributed by atoms with Crippen molar-refractivity contribution in [2.75, 3.05) is 47.2 Å². The molecule has 0 aromatic heterocycles. The maximum atomic E-state index is 13.7. The first-order chi connectivity index (χ1) is 13.1. The molecule has 1 aromatic rings. The topological polar surface area (TPSA) is 83.0 Å². The number of ether oxygens (including phenoxy) is 1. The molecule has 1 saturated heterocycles. The van der Waals surface area contributed by atoms with Crippen LogP contribution in [0.1, 0.15) is 24.0 Å². The fourth-order valence-electron chi connectivity index (χ4n) is 3.36. The number of nitrogens with zero attached hydrogens (tertiary/aromatic N) is 2. The summed E-state index contributed by atoms with van der Waals surface area (Å²) in [6, 6.07) is 4.16. The number of sulfone groups is 1. The van der Waals surface area contributed by atoms with E-state index >= 15 is 0 Å². The van der Waals surface area contributed by atoms with Crippen LogP contribution < -0.4 is 10.6 Å². The highest BCUT2D eigenvalue weighted by Gasteiger charge is 2.34. The maximum Gasteiger partial charge on any atom is 0.191 e. The maximum absolute atomic E-state index is 13.7. The summed E-state index contributed by atoms with van der Waals surface area (Å²) in [6.45, 7) is 2.43. The van der Waals surface area contributed by atoms with Crippen LogP contribution in [0.2, 0.25) is 0 Å². The summed E-state index contributed by atoms with van der Waals surface area (Å²) in [5.74, 6) is 0.0631. The molecular formula is C19H31FN4O3S. The first kappa shape index (κ1) is 22.6. The van der Waals surface area contributed by atoms with Gasteiger partial charge in [0.1, 0.15) is 5.82 Å². The third-order valence-corrected chi connectivity index (χ3v) is 6.05. The standard InChI is InChI=1S/C19H31FN4O3S/c1-21-18(23-14-19(24(2)3)7-9-27-10-8-19)22-12-16-11-17(20)6-5-15(16)13-28(4,25)26/h5-6,11H,7-10,12-14H2,1-4H3,(H2,21,22,23). The van der Waals surface area contributed by atoms with E-state index in [0.717, 1.165) is 26.1 Å². The predicted octanol–water partition coefficient (Wildman–Crippen LogP) is 1.15. The predicted molar refractivity (Wildman–Crippen MR) is 110 cm³/mol. The second-order valence-corrected chi connectivity index (χ2v) is 9.63. The molecule has 1 aromatic carbocycles. The molecule has 1 fully saturated rings. The normalized spacial score (nSPS) is 17.6. The molecule has 158 valence electrons. The molecule has 0 unspecified atom stereocenters. The van der Waals surface area contributed by atoms with E-state index in [1.165, 1.54) is 24.5 Å². The SMILES string of the molecule is CN=C(NCc1cc(F)ccc1CS(C)(=O)=O)NCC1(N(C)C)CCOCC1. The molecule has 0 atom stereocenters. The number of aliphatic imine (C=N–C) groups is 1. The average Bonchev–Trinajstić information content (AvgIpc) is 2.63. The summed E-state index contributed by atoms with van der Waals surface area (Å²) < 4.78 is 42.5. The van der Waals surface area contributed by atoms with E-state index in [0.29, 0.717) is 23.6 Å². The van der Waals surface area contributed by atoms with Crippen molar-refractivity contribution < 1.29 is 17.5 Å². The second kappa shape index (κ2) is 9.67. The molecule has 2 rings (SSSR count). The number of likely N-dealkylation sites (N-methyl/N-ethyl adjacent to an activating group) is 1. The van der Waals surface area contributed by atoms with Gasteiger partial charge in [0.05, 0.1) is 5.75 Å².